The summed E-state index contributed by atoms with van der Waals surface area (Å²) in [4.78, 5) is 22.3. The van der Waals surface area contributed by atoms with Crippen LogP contribution in [0.3, 0.4) is 0 Å². The van der Waals surface area contributed by atoms with Crippen molar-refractivity contribution in [3.05, 3.63) is 21.0 Å². The molecule has 1 saturated heterocycles. The lowest BCUT2D eigenvalue weighted by atomic mass is 9.96. The van der Waals surface area contributed by atoms with Crippen molar-refractivity contribution >= 4 is 0 Å². The molecule has 3 N–H and O–H groups in total. The van der Waals surface area contributed by atoms with Crippen molar-refractivity contribution in [1.29, 1.82) is 0 Å². The van der Waals surface area contributed by atoms with Crippen molar-refractivity contribution in [2.75, 3.05) is 13.1 Å². The molecule has 1 fully saturated rings. The maximum absolute atomic E-state index is 11.2. The maximum Gasteiger partial charge on any atom is 0.344 e. The van der Waals surface area contributed by atoms with Crippen LogP contribution >= 0.6 is 0 Å². The van der Waals surface area contributed by atoms with Crippen molar-refractivity contribution in [1.82, 2.24) is 20.1 Å². The Bertz CT molecular complexity index is 383. The summed E-state index contributed by atoms with van der Waals surface area (Å²) < 4.78 is 1.22. The number of hydrogen-bond acceptors (Lipinski definition) is 3. The Hall–Kier alpha value is -1.30. The van der Waals surface area contributed by atoms with E-state index in [9.17, 15) is 9.59 Å². The standard InChI is InChI=1S/C9H16N4O2/c14-8-11-12-9(15)13(8)5-3-7-2-1-4-10-6-7/h7,10H,1-6H2,(H,11,14)(H,12,15). The van der Waals surface area contributed by atoms with Gasteiger partial charge < -0.3 is 5.32 Å². The molecule has 0 aromatic carbocycles. The number of rotatable bonds is 3. The average molecular weight is 212 g/mol. The molecule has 1 aliphatic rings. The molecule has 1 unspecified atom stereocenters. The van der Waals surface area contributed by atoms with Crippen LogP contribution in [0.1, 0.15) is 19.3 Å². The molecular weight excluding hydrogens is 196 g/mol. The lowest BCUT2D eigenvalue weighted by Crippen LogP contribution is -2.33. The van der Waals surface area contributed by atoms with Crippen LogP contribution in [-0.2, 0) is 6.54 Å². The van der Waals surface area contributed by atoms with Crippen LogP contribution in [-0.4, -0.2) is 27.9 Å². The van der Waals surface area contributed by atoms with Crippen molar-refractivity contribution in [3.63, 3.8) is 0 Å². The van der Waals surface area contributed by atoms with Crippen molar-refractivity contribution in [2.24, 2.45) is 5.92 Å². The van der Waals surface area contributed by atoms with Crippen LogP contribution in [0.2, 0.25) is 0 Å². The molecule has 0 amide bonds. The predicted molar refractivity (Wildman–Crippen MR) is 55.9 cm³/mol. The molecule has 1 aromatic rings. The summed E-state index contributed by atoms with van der Waals surface area (Å²) in [7, 11) is 0. The Balaban J connectivity index is 1.92. The van der Waals surface area contributed by atoms with Crippen LogP contribution in [0.4, 0.5) is 0 Å². The van der Waals surface area contributed by atoms with Gasteiger partial charge in [0.25, 0.3) is 0 Å². The van der Waals surface area contributed by atoms with E-state index in [4.69, 9.17) is 0 Å². The molecule has 1 aromatic heterocycles. The van der Waals surface area contributed by atoms with E-state index in [1.165, 1.54) is 17.4 Å². The summed E-state index contributed by atoms with van der Waals surface area (Å²) in [5.74, 6) is 0.583. The topological polar surface area (TPSA) is 82.7 Å². The van der Waals surface area contributed by atoms with E-state index in [2.05, 4.69) is 15.5 Å². The van der Waals surface area contributed by atoms with Crippen LogP contribution < -0.4 is 16.7 Å². The second-order valence-corrected chi connectivity index (χ2v) is 4.01. The number of nitrogens with one attached hydrogen (secondary N) is 3. The van der Waals surface area contributed by atoms with Gasteiger partial charge in [-0.1, -0.05) is 0 Å². The van der Waals surface area contributed by atoms with E-state index in [-0.39, 0.29) is 11.4 Å². The smallest absolute Gasteiger partial charge is 0.316 e. The van der Waals surface area contributed by atoms with Gasteiger partial charge in [0.1, 0.15) is 0 Å². The molecular formula is C9H16N4O2. The Labute approximate surface area is 86.7 Å². The predicted octanol–water partition coefficient (Wildman–Crippen LogP) is -0.746. The fourth-order valence-electron chi connectivity index (χ4n) is 2.02. The fourth-order valence-corrected chi connectivity index (χ4v) is 2.02. The van der Waals surface area contributed by atoms with Gasteiger partial charge in [0.15, 0.2) is 0 Å². The van der Waals surface area contributed by atoms with Gasteiger partial charge in [-0.05, 0) is 38.3 Å². The first-order chi connectivity index (χ1) is 7.27. The summed E-state index contributed by atoms with van der Waals surface area (Å²) in [6.07, 6.45) is 3.25. The Morgan fingerprint density at radius 3 is 2.60 bits per heavy atom. The highest BCUT2D eigenvalue weighted by Crippen LogP contribution is 2.13. The van der Waals surface area contributed by atoms with Gasteiger partial charge in [-0.25, -0.2) is 24.4 Å². The van der Waals surface area contributed by atoms with Gasteiger partial charge >= 0.3 is 11.4 Å². The highest BCUT2D eigenvalue weighted by molar-refractivity contribution is 4.71. The van der Waals surface area contributed by atoms with E-state index in [1.807, 2.05) is 0 Å². The summed E-state index contributed by atoms with van der Waals surface area (Å²) in [5, 5.41) is 7.87. The second kappa shape index (κ2) is 4.48. The molecule has 6 heteroatoms. The monoisotopic (exact) mass is 212 g/mol. The average Bonchev–Trinajstić information content (AvgIpc) is 2.58. The normalized spacial score (nSPS) is 21.7. The van der Waals surface area contributed by atoms with Gasteiger partial charge in [0.05, 0.1) is 0 Å². The van der Waals surface area contributed by atoms with Gasteiger partial charge in [0, 0.05) is 6.54 Å². The highest BCUT2D eigenvalue weighted by Gasteiger charge is 2.13. The summed E-state index contributed by atoms with van der Waals surface area (Å²) in [6, 6.07) is 0. The SMILES string of the molecule is O=c1[nH][nH]c(=O)n1CCC1CCCNC1. The minimum atomic E-state index is -0.344. The lowest BCUT2D eigenvalue weighted by Gasteiger charge is -2.22. The Morgan fingerprint density at radius 2 is 2.00 bits per heavy atom. The molecule has 6 nitrogen and oxygen atoms in total. The molecule has 0 radical (unpaired) electrons. The molecule has 0 saturated carbocycles. The second-order valence-electron chi connectivity index (χ2n) is 4.01. The van der Waals surface area contributed by atoms with Gasteiger partial charge in [0.2, 0.25) is 0 Å². The summed E-state index contributed by atoms with van der Waals surface area (Å²) in [5.41, 5.74) is -0.687. The zero-order valence-electron chi connectivity index (χ0n) is 8.58. The zero-order valence-corrected chi connectivity index (χ0v) is 8.58. The van der Waals surface area contributed by atoms with E-state index >= 15 is 0 Å². The molecule has 1 aliphatic heterocycles. The van der Waals surface area contributed by atoms with Gasteiger partial charge in [-0.3, -0.25) is 0 Å². The fraction of sp³-hybridized carbons (Fsp3) is 0.778. The zero-order chi connectivity index (χ0) is 10.7. The molecule has 0 aliphatic carbocycles. The van der Waals surface area contributed by atoms with Crippen molar-refractivity contribution in [2.45, 2.75) is 25.8 Å². The summed E-state index contributed by atoms with van der Waals surface area (Å²) in [6.45, 7) is 2.59. The Morgan fingerprint density at radius 1 is 1.27 bits per heavy atom. The first-order valence-electron chi connectivity index (χ1n) is 5.35. The van der Waals surface area contributed by atoms with E-state index < -0.39 is 0 Å². The van der Waals surface area contributed by atoms with Gasteiger partial charge in [-0.2, -0.15) is 0 Å². The minimum absolute atomic E-state index is 0.344. The van der Waals surface area contributed by atoms with Crippen molar-refractivity contribution < 1.29 is 0 Å². The van der Waals surface area contributed by atoms with E-state index in [0.29, 0.717) is 12.5 Å². The molecule has 84 valence electrons. The molecule has 0 spiro atoms. The number of piperidine rings is 1. The van der Waals surface area contributed by atoms with E-state index in [0.717, 1.165) is 19.5 Å². The lowest BCUT2D eigenvalue weighted by molar-refractivity contribution is 0.339. The Kier molecular flexibility index (Phi) is 3.05. The molecule has 15 heavy (non-hydrogen) atoms. The largest absolute Gasteiger partial charge is 0.344 e. The van der Waals surface area contributed by atoms with Crippen LogP contribution in [0.15, 0.2) is 9.59 Å². The highest BCUT2D eigenvalue weighted by atomic mass is 16.2. The molecule has 2 heterocycles. The number of H-pyrrole nitrogens is 2. The van der Waals surface area contributed by atoms with Crippen molar-refractivity contribution in [3.8, 4) is 0 Å². The molecule has 1 atom stereocenters. The third kappa shape index (κ3) is 2.38. The number of aromatic amines is 2. The van der Waals surface area contributed by atoms with Gasteiger partial charge in [-0.15, -0.1) is 0 Å². The van der Waals surface area contributed by atoms with Crippen LogP contribution in [0.25, 0.3) is 0 Å². The van der Waals surface area contributed by atoms with Crippen LogP contribution in [0, 0.1) is 5.92 Å². The third-order valence-corrected chi connectivity index (χ3v) is 2.93. The number of nitrogens with zero attached hydrogens (tertiary/aromatic N) is 1. The first-order valence-corrected chi connectivity index (χ1v) is 5.35. The number of aromatic nitrogens is 3. The third-order valence-electron chi connectivity index (χ3n) is 2.93. The maximum atomic E-state index is 11.2. The minimum Gasteiger partial charge on any atom is -0.316 e. The molecule has 2 rings (SSSR count). The number of hydrogen-bond donors (Lipinski definition) is 3. The quantitative estimate of drug-likeness (QED) is 0.616. The first kappa shape index (κ1) is 10.2. The van der Waals surface area contributed by atoms with Crippen LogP contribution in [0.5, 0.6) is 0 Å². The summed E-state index contributed by atoms with van der Waals surface area (Å²) >= 11 is 0. The molecule has 0 bridgehead atoms. The van der Waals surface area contributed by atoms with E-state index in [1.54, 1.807) is 0 Å².